The molecular weight excluding hydrogens is 616 g/mol. The molecule has 0 unspecified atom stereocenters. The SMILES string of the molecule is CCOc1cc(/C=C2\C(=O)NC(=O)N(c3ccc(Br)cc3)C2=O)c(Br)cc1OCc1ccccc1Cl. The molecule has 1 aliphatic rings. The van der Waals surface area contributed by atoms with Gasteiger partial charge in [-0.1, -0.05) is 61.7 Å². The van der Waals surface area contributed by atoms with Crippen LogP contribution >= 0.6 is 43.5 Å². The van der Waals surface area contributed by atoms with E-state index < -0.39 is 17.8 Å². The number of nitrogens with one attached hydrogen (secondary N) is 1. The highest BCUT2D eigenvalue weighted by Crippen LogP contribution is 2.36. The number of barbiturate groups is 1. The number of halogens is 3. The van der Waals surface area contributed by atoms with Crippen LogP contribution in [0, 0.1) is 0 Å². The van der Waals surface area contributed by atoms with Crippen LogP contribution in [0.3, 0.4) is 0 Å². The molecule has 1 heterocycles. The second kappa shape index (κ2) is 11.3. The predicted molar refractivity (Wildman–Crippen MR) is 144 cm³/mol. The maximum atomic E-state index is 13.2. The van der Waals surface area contributed by atoms with Crippen molar-refractivity contribution in [2.24, 2.45) is 0 Å². The van der Waals surface area contributed by atoms with E-state index in [0.29, 0.717) is 38.9 Å². The van der Waals surface area contributed by atoms with Crippen molar-refractivity contribution in [2.45, 2.75) is 13.5 Å². The molecule has 0 aromatic heterocycles. The molecule has 1 fully saturated rings. The van der Waals surface area contributed by atoms with E-state index in [-0.39, 0.29) is 12.2 Å². The van der Waals surface area contributed by atoms with Gasteiger partial charge >= 0.3 is 6.03 Å². The summed E-state index contributed by atoms with van der Waals surface area (Å²) >= 11 is 13.0. The second-order valence-corrected chi connectivity index (χ2v) is 9.75. The van der Waals surface area contributed by atoms with Crippen LogP contribution < -0.4 is 19.7 Å². The Morgan fingerprint density at radius 1 is 0.972 bits per heavy atom. The summed E-state index contributed by atoms with van der Waals surface area (Å²) in [5.41, 5.74) is 1.43. The topological polar surface area (TPSA) is 84.9 Å². The van der Waals surface area contributed by atoms with Crippen LogP contribution in [0.25, 0.3) is 6.08 Å². The third-order valence-electron chi connectivity index (χ3n) is 5.19. The molecule has 0 spiro atoms. The molecule has 1 aliphatic heterocycles. The Hall–Kier alpha value is -3.14. The van der Waals surface area contributed by atoms with Gasteiger partial charge in [-0.3, -0.25) is 14.9 Å². The third-order valence-corrected chi connectivity index (χ3v) is 6.77. The van der Waals surface area contributed by atoms with Gasteiger partial charge in [-0.25, -0.2) is 9.69 Å². The van der Waals surface area contributed by atoms with Crippen molar-refractivity contribution in [3.63, 3.8) is 0 Å². The van der Waals surface area contributed by atoms with Crippen LogP contribution in [-0.2, 0) is 16.2 Å². The Morgan fingerprint density at radius 3 is 2.36 bits per heavy atom. The summed E-state index contributed by atoms with van der Waals surface area (Å²) < 4.78 is 13.1. The van der Waals surface area contributed by atoms with Crippen molar-refractivity contribution in [2.75, 3.05) is 11.5 Å². The number of hydrogen-bond donors (Lipinski definition) is 1. The Bertz CT molecular complexity index is 1380. The average Bonchev–Trinajstić information content (AvgIpc) is 2.84. The normalized spacial score (nSPS) is 14.7. The van der Waals surface area contributed by atoms with Gasteiger partial charge in [0, 0.05) is 19.5 Å². The Morgan fingerprint density at radius 2 is 1.67 bits per heavy atom. The summed E-state index contributed by atoms with van der Waals surface area (Å²) in [5.74, 6) is -0.654. The Kier molecular flexibility index (Phi) is 8.13. The Labute approximate surface area is 229 Å². The van der Waals surface area contributed by atoms with Gasteiger partial charge in [-0.05, 0) is 61.0 Å². The van der Waals surface area contributed by atoms with Crippen molar-refractivity contribution in [1.29, 1.82) is 0 Å². The van der Waals surface area contributed by atoms with Gasteiger partial charge in [0.2, 0.25) is 0 Å². The standard InChI is InChI=1S/C26H19Br2ClN2O5/c1-2-35-22-12-16(20(28)13-23(22)36-14-15-5-3-4-6-21(15)29)11-19-24(32)30-26(34)31(25(19)33)18-9-7-17(27)8-10-18/h3-13H,2,14H2,1H3,(H,30,32,34)/b19-11+. The van der Waals surface area contributed by atoms with E-state index in [0.717, 1.165) is 14.9 Å². The summed E-state index contributed by atoms with van der Waals surface area (Å²) in [6.45, 7) is 2.42. The van der Waals surface area contributed by atoms with E-state index >= 15 is 0 Å². The molecule has 4 amide bonds. The van der Waals surface area contributed by atoms with Gasteiger partial charge in [-0.15, -0.1) is 0 Å². The first-order valence-corrected chi connectivity index (χ1v) is 12.7. The van der Waals surface area contributed by atoms with Crippen molar-refractivity contribution in [3.05, 3.63) is 91.3 Å². The first-order valence-electron chi connectivity index (χ1n) is 10.8. The van der Waals surface area contributed by atoms with Crippen LogP contribution in [-0.4, -0.2) is 24.5 Å². The zero-order valence-electron chi connectivity index (χ0n) is 18.9. The number of carbonyl (C=O) groups is 3. The van der Waals surface area contributed by atoms with E-state index in [2.05, 4.69) is 37.2 Å². The number of carbonyl (C=O) groups excluding carboxylic acids is 3. The first-order chi connectivity index (χ1) is 17.3. The minimum absolute atomic E-state index is 0.203. The van der Waals surface area contributed by atoms with Crippen molar-refractivity contribution >= 4 is 73.1 Å². The first kappa shape index (κ1) is 25.9. The van der Waals surface area contributed by atoms with Crippen molar-refractivity contribution < 1.29 is 23.9 Å². The molecule has 0 radical (unpaired) electrons. The van der Waals surface area contributed by atoms with E-state index in [1.807, 2.05) is 25.1 Å². The molecule has 1 saturated heterocycles. The maximum Gasteiger partial charge on any atom is 0.335 e. The third kappa shape index (κ3) is 5.64. The average molecular weight is 635 g/mol. The van der Waals surface area contributed by atoms with Crippen LogP contribution in [0.2, 0.25) is 5.02 Å². The summed E-state index contributed by atoms with van der Waals surface area (Å²) in [5, 5.41) is 2.81. The number of anilines is 1. The minimum Gasteiger partial charge on any atom is -0.490 e. The van der Waals surface area contributed by atoms with E-state index in [4.69, 9.17) is 21.1 Å². The molecule has 3 aromatic rings. The van der Waals surface area contributed by atoms with E-state index in [1.165, 1.54) is 6.08 Å². The summed E-state index contributed by atoms with van der Waals surface area (Å²) in [4.78, 5) is 39.1. The Balaban J connectivity index is 1.67. The molecule has 4 rings (SSSR count). The van der Waals surface area contributed by atoms with Crippen LogP contribution in [0.5, 0.6) is 11.5 Å². The zero-order valence-corrected chi connectivity index (χ0v) is 22.8. The molecular formula is C26H19Br2ClN2O5. The molecule has 1 N–H and O–H groups in total. The summed E-state index contributed by atoms with van der Waals surface area (Å²) in [6, 6.07) is 16.5. The molecule has 36 heavy (non-hydrogen) atoms. The number of urea groups is 1. The number of ether oxygens (including phenoxy) is 2. The highest BCUT2D eigenvalue weighted by molar-refractivity contribution is 9.10. The molecule has 0 saturated carbocycles. The van der Waals surface area contributed by atoms with Gasteiger partial charge in [0.05, 0.1) is 12.3 Å². The fourth-order valence-corrected chi connectivity index (χ4v) is 4.34. The van der Waals surface area contributed by atoms with Crippen molar-refractivity contribution in [1.82, 2.24) is 5.32 Å². The lowest BCUT2D eigenvalue weighted by Crippen LogP contribution is -2.54. The highest BCUT2D eigenvalue weighted by Gasteiger charge is 2.37. The molecule has 0 bridgehead atoms. The summed E-state index contributed by atoms with van der Waals surface area (Å²) in [6.07, 6.45) is 1.40. The maximum absolute atomic E-state index is 13.2. The van der Waals surface area contributed by atoms with E-state index in [1.54, 1.807) is 42.5 Å². The molecule has 7 nitrogen and oxygen atoms in total. The van der Waals surface area contributed by atoms with Crippen LogP contribution in [0.1, 0.15) is 18.1 Å². The van der Waals surface area contributed by atoms with Gasteiger partial charge in [0.1, 0.15) is 12.2 Å². The number of benzene rings is 3. The summed E-state index contributed by atoms with van der Waals surface area (Å²) in [7, 11) is 0. The minimum atomic E-state index is -0.818. The molecule has 3 aromatic carbocycles. The molecule has 10 heteroatoms. The lowest BCUT2D eigenvalue weighted by atomic mass is 10.1. The fraction of sp³-hybridized carbons (Fsp3) is 0.115. The quantitative estimate of drug-likeness (QED) is 0.237. The predicted octanol–water partition coefficient (Wildman–Crippen LogP) is 6.51. The smallest absolute Gasteiger partial charge is 0.335 e. The van der Waals surface area contributed by atoms with Gasteiger partial charge < -0.3 is 9.47 Å². The number of rotatable bonds is 7. The highest BCUT2D eigenvalue weighted by atomic mass is 79.9. The molecule has 0 atom stereocenters. The molecule has 0 aliphatic carbocycles. The lowest BCUT2D eigenvalue weighted by molar-refractivity contribution is -0.122. The van der Waals surface area contributed by atoms with Gasteiger partial charge in [0.25, 0.3) is 11.8 Å². The fourth-order valence-electron chi connectivity index (χ4n) is 3.45. The second-order valence-electron chi connectivity index (χ2n) is 7.57. The van der Waals surface area contributed by atoms with E-state index in [9.17, 15) is 14.4 Å². The van der Waals surface area contributed by atoms with Crippen LogP contribution in [0.15, 0.2) is 75.2 Å². The largest absolute Gasteiger partial charge is 0.490 e. The number of imide groups is 2. The van der Waals surface area contributed by atoms with Gasteiger partial charge in [0.15, 0.2) is 11.5 Å². The zero-order chi connectivity index (χ0) is 25.8. The number of amides is 4. The van der Waals surface area contributed by atoms with Gasteiger partial charge in [-0.2, -0.15) is 0 Å². The molecule has 184 valence electrons. The number of nitrogens with zero attached hydrogens (tertiary/aromatic N) is 1. The van der Waals surface area contributed by atoms with Crippen LogP contribution in [0.4, 0.5) is 10.5 Å². The number of hydrogen-bond acceptors (Lipinski definition) is 5. The lowest BCUT2D eigenvalue weighted by Gasteiger charge is -2.26. The van der Waals surface area contributed by atoms with Crippen molar-refractivity contribution in [3.8, 4) is 11.5 Å². The monoisotopic (exact) mass is 632 g/mol.